The number of nitrogens with one attached hydrogen (secondary N) is 2. The molecule has 0 spiro atoms. The van der Waals surface area contributed by atoms with Gasteiger partial charge in [0.25, 0.3) is 5.91 Å². The van der Waals surface area contributed by atoms with Gasteiger partial charge < -0.3 is 15.5 Å². The molecule has 0 fully saturated rings. The molecule has 1 aromatic heterocycles. The summed E-state index contributed by atoms with van der Waals surface area (Å²) in [5, 5.41) is 5.92. The molecule has 0 aliphatic rings. The summed E-state index contributed by atoms with van der Waals surface area (Å²) in [6, 6.07) is 15.5. The fourth-order valence-corrected chi connectivity index (χ4v) is 2.91. The Bertz CT molecular complexity index is 939. The van der Waals surface area contributed by atoms with Crippen LogP contribution in [0.25, 0.3) is 0 Å². The summed E-state index contributed by atoms with van der Waals surface area (Å²) in [4.78, 5) is 18.9. The van der Waals surface area contributed by atoms with Crippen LogP contribution in [0.5, 0.6) is 0 Å². The maximum absolute atomic E-state index is 13.3. The van der Waals surface area contributed by atoms with Crippen molar-refractivity contribution in [2.45, 2.75) is 13.8 Å². The molecule has 1 amide bonds. The third kappa shape index (κ3) is 4.85. The second-order valence-corrected chi connectivity index (χ2v) is 6.27. The number of aromatic nitrogens is 1. The van der Waals surface area contributed by atoms with Crippen LogP contribution >= 0.6 is 0 Å². The summed E-state index contributed by atoms with van der Waals surface area (Å²) in [6.07, 6.45) is 3.08. The second-order valence-electron chi connectivity index (χ2n) is 6.27. The number of hydrogen-bond donors (Lipinski definition) is 2. The molecule has 0 bridgehead atoms. The molecule has 2 N–H and O–H groups in total. The molecule has 5 nitrogen and oxygen atoms in total. The Morgan fingerprint density at radius 2 is 1.71 bits per heavy atom. The average Bonchev–Trinajstić information content (AvgIpc) is 2.70. The van der Waals surface area contributed by atoms with E-state index in [0.717, 1.165) is 18.8 Å². The molecule has 0 unspecified atom stereocenters. The number of carbonyl (C=O) groups is 1. The standard InChI is InChI=1S/C22H23FN4O/c1-3-27(4-2)21-10-8-18(9-11-21)26-22(28)16-12-20(15-24-14-16)25-19-7-5-6-17(23)13-19/h5-15,25H,3-4H2,1-2H3,(H,26,28). The van der Waals surface area contributed by atoms with Crippen LogP contribution in [0.4, 0.5) is 27.1 Å². The third-order valence-electron chi connectivity index (χ3n) is 4.37. The van der Waals surface area contributed by atoms with E-state index in [4.69, 9.17) is 0 Å². The van der Waals surface area contributed by atoms with Crippen LogP contribution in [-0.4, -0.2) is 24.0 Å². The van der Waals surface area contributed by atoms with E-state index in [1.165, 1.54) is 18.3 Å². The highest BCUT2D eigenvalue weighted by atomic mass is 19.1. The molecule has 0 saturated heterocycles. The van der Waals surface area contributed by atoms with Crippen molar-refractivity contribution in [1.82, 2.24) is 4.98 Å². The molecule has 3 aromatic rings. The van der Waals surface area contributed by atoms with Crippen molar-refractivity contribution >= 4 is 28.7 Å². The van der Waals surface area contributed by atoms with Crippen LogP contribution in [0.2, 0.25) is 0 Å². The van der Waals surface area contributed by atoms with Crippen molar-refractivity contribution < 1.29 is 9.18 Å². The Morgan fingerprint density at radius 1 is 0.964 bits per heavy atom. The van der Waals surface area contributed by atoms with E-state index in [0.29, 0.717) is 22.6 Å². The number of halogens is 1. The minimum atomic E-state index is -0.333. The first-order chi connectivity index (χ1) is 13.6. The Morgan fingerprint density at radius 3 is 2.39 bits per heavy atom. The topological polar surface area (TPSA) is 57.3 Å². The minimum Gasteiger partial charge on any atom is -0.372 e. The van der Waals surface area contributed by atoms with Gasteiger partial charge in [-0.05, 0) is 62.4 Å². The van der Waals surface area contributed by atoms with Crippen molar-refractivity contribution in [3.63, 3.8) is 0 Å². The SMILES string of the molecule is CCN(CC)c1ccc(NC(=O)c2cncc(Nc3cccc(F)c3)c2)cc1. The molecule has 0 radical (unpaired) electrons. The monoisotopic (exact) mass is 378 g/mol. The fraction of sp³-hybridized carbons (Fsp3) is 0.182. The second kappa shape index (κ2) is 8.99. The lowest BCUT2D eigenvalue weighted by Gasteiger charge is -2.21. The Labute approximate surface area is 164 Å². The van der Waals surface area contributed by atoms with Crippen LogP contribution in [-0.2, 0) is 0 Å². The number of carbonyl (C=O) groups excluding carboxylic acids is 1. The first-order valence-corrected chi connectivity index (χ1v) is 9.23. The molecular weight excluding hydrogens is 355 g/mol. The van der Waals surface area contributed by atoms with Gasteiger partial charge in [0.05, 0.1) is 17.4 Å². The van der Waals surface area contributed by atoms with E-state index in [2.05, 4.69) is 34.4 Å². The molecular formula is C22H23FN4O. The van der Waals surface area contributed by atoms with E-state index < -0.39 is 0 Å². The molecule has 0 saturated carbocycles. The molecule has 0 atom stereocenters. The largest absolute Gasteiger partial charge is 0.372 e. The summed E-state index contributed by atoms with van der Waals surface area (Å²) >= 11 is 0. The molecule has 3 rings (SSSR count). The van der Waals surface area contributed by atoms with Crippen molar-refractivity contribution in [3.05, 3.63) is 78.4 Å². The molecule has 0 aliphatic carbocycles. The Hall–Kier alpha value is -3.41. The molecule has 144 valence electrons. The van der Waals surface area contributed by atoms with E-state index in [1.54, 1.807) is 24.4 Å². The van der Waals surface area contributed by atoms with Gasteiger partial charge in [0, 0.05) is 36.3 Å². The van der Waals surface area contributed by atoms with E-state index in [-0.39, 0.29) is 11.7 Å². The van der Waals surface area contributed by atoms with Gasteiger partial charge >= 0.3 is 0 Å². The Balaban J connectivity index is 1.69. The molecule has 0 aliphatic heterocycles. The zero-order valence-electron chi connectivity index (χ0n) is 15.9. The smallest absolute Gasteiger partial charge is 0.257 e. The van der Waals surface area contributed by atoms with E-state index in [1.807, 2.05) is 24.3 Å². The highest BCUT2D eigenvalue weighted by Gasteiger charge is 2.09. The zero-order valence-corrected chi connectivity index (χ0v) is 15.9. The van der Waals surface area contributed by atoms with Crippen molar-refractivity contribution in [2.24, 2.45) is 0 Å². The average molecular weight is 378 g/mol. The Kier molecular flexibility index (Phi) is 6.22. The fourth-order valence-electron chi connectivity index (χ4n) is 2.91. The molecule has 28 heavy (non-hydrogen) atoms. The van der Waals surface area contributed by atoms with Gasteiger partial charge in [-0.1, -0.05) is 6.07 Å². The first-order valence-electron chi connectivity index (χ1n) is 9.23. The normalized spacial score (nSPS) is 10.4. The van der Waals surface area contributed by atoms with Crippen LogP contribution < -0.4 is 15.5 Å². The summed E-state index contributed by atoms with van der Waals surface area (Å²) in [7, 11) is 0. The lowest BCUT2D eigenvalue weighted by atomic mass is 10.2. The number of amides is 1. The van der Waals surface area contributed by atoms with Crippen LogP contribution in [0.15, 0.2) is 67.0 Å². The highest BCUT2D eigenvalue weighted by Crippen LogP contribution is 2.20. The van der Waals surface area contributed by atoms with Gasteiger partial charge in [0.1, 0.15) is 5.82 Å². The van der Waals surface area contributed by atoms with Gasteiger partial charge in [-0.2, -0.15) is 0 Å². The molecule has 2 aromatic carbocycles. The quantitative estimate of drug-likeness (QED) is 0.603. The first kappa shape index (κ1) is 19.4. The van der Waals surface area contributed by atoms with Crippen molar-refractivity contribution in [2.75, 3.05) is 28.6 Å². The zero-order chi connectivity index (χ0) is 19.9. The number of nitrogens with zero attached hydrogens (tertiary/aromatic N) is 2. The van der Waals surface area contributed by atoms with Gasteiger partial charge in [0.2, 0.25) is 0 Å². The minimum absolute atomic E-state index is 0.258. The van der Waals surface area contributed by atoms with Gasteiger partial charge in [0.15, 0.2) is 0 Å². The number of anilines is 4. The summed E-state index contributed by atoms with van der Waals surface area (Å²) in [6.45, 7) is 6.08. The number of pyridine rings is 1. The number of hydrogen-bond acceptors (Lipinski definition) is 4. The lowest BCUT2D eigenvalue weighted by Crippen LogP contribution is -2.21. The van der Waals surface area contributed by atoms with Crippen LogP contribution in [0.3, 0.4) is 0 Å². The van der Waals surface area contributed by atoms with Crippen molar-refractivity contribution in [1.29, 1.82) is 0 Å². The summed E-state index contributed by atoms with van der Waals surface area (Å²) in [5.41, 5.74) is 3.44. The number of rotatable bonds is 7. The molecule has 6 heteroatoms. The van der Waals surface area contributed by atoms with E-state index >= 15 is 0 Å². The van der Waals surface area contributed by atoms with Gasteiger partial charge in [-0.25, -0.2) is 4.39 Å². The summed E-state index contributed by atoms with van der Waals surface area (Å²) < 4.78 is 13.3. The maximum atomic E-state index is 13.3. The third-order valence-corrected chi connectivity index (χ3v) is 4.37. The maximum Gasteiger partial charge on any atom is 0.257 e. The van der Waals surface area contributed by atoms with Gasteiger partial charge in [-0.15, -0.1) is 0 Å². The highest BCUT2D eigenvalue weighted by molar-refractivity contribution is 6.04. The summed E-state index contributed by atoms with van der Waals surface area (Å²) in [5.74, 6) is -0.592. The van der Waals surface area contributed by atoms with Crippen molar-refractivity contribution in [3.8, 4) is 0 Å². The number of benzene rings is 2. The van der Waals surface area contributed by atoms with Gasteiger partial charge in [-0.3, -0.25) is 9.78 Å². The predicted octanol–water partition coefficient (Wildman–Crippen LogP) is 5.06. The van der Waals surface area contributed by atoms with E-state index in [9.17, 15) is 9.18 Å². The predicted molar refractivity (Wildman–Crippen MR) is 112 cm³/mol. The van der Waals surface area contributed by atoms with Crippen LogP contribution in [0.1, 0.15) is 24.2 Å². The lowest BCUT2D eigenvalue weighted by molar-refractivity contribution is 0.102. The molecule has 1 heterocycles. The van der Waals surface area contributed by atoms with Crippen LogP contribution in [0, 0.1) is 5.82 Å².